The monoisotopic (exact) mass is 277 g/mol. The quantitative estimate of drug-likeness (QED) is 0.768. The van der Waals surface area contributed by atoms with E-state index in [1.807, 2.05) is 6.92 Å². The molecule has 0 unspecified atom stereocenters. The number of nitrogens with zero attached hydrogens (tertiary/aromatic N) is 1. The summed E-state index contributed by atoms with van der Waals surface area (Å²) >= 11 is 0. The molecule has 0 N–H and O–H groups in total. The maximum Gasteiger partial charge on any atom is 0.248 e. The Labute approximate surface area is 118 Å². The SMILES string of the molecule is CCOc1ccc(C(C)=O)cc1CN1CCOCC1=O. The van der Waals surface area contributed by atoms with E-state index in [-0.39, 0.29) is 18.3 Å². The second kappa shape index (κ2) is 6.52. The highest BCUT2D eigenvalue weighted by Crippen LogP contribution is 2.23. The molecular formula is C15H19NO4. The molecule has 1 aromatic carbocycles. The van der Waals surface area contributed by atoms with Crippen LogP contribution in [0.1, 0.15) is 29.8 Å². The Kier molecular flexibility index (Phi) is 4.74. The lowest BCUT2D eigenvalue weighted by Gasteiger charge is -2.27. The van der Waals surface area contributed by atoms with Gasteiger partial charge in [-0.1, -0.05) is 0 Å². The van der Waals surface area contributed by atoms with Gasteiger partial charge in [-0.15, -0.1) is 0 Å². The number of rotatable bonds is 5. The molecular weight excluding hydrogens is 258 g/mol. The second-order valence-corrected chi connectivity index (χ2v) is 4.68. The molecule has 108 valence electrons. The first kappa shape index (κ1) is 14.5. The fourth-order valence-electron chi connectivity index (χ4n) is 2.14. The van der Waals surface area contributed by atoms with Crippen molar-refractivity contribution in [3.63, 3.8) is 0 Å². The summed E-state index contributed by atoms with van der Waals surface area (Å²) in [7, 11) is 0. The maximum atomic E-state index is 11.8. The van der Waals surface area contributed by atoms with E-state index in [1.54, 1.807) is 23.1 Å². The zero-order valence-electron chi connectivity index (χ0n) is 11.8. The van der Waals surface area contributed by atoms with Crippen LogP contribution in [0.15, 0.2) is 18.2 Å². The van der Waals surface area contributed by atoms with Crippen LogP contribution in [0.3, 0.4) is 0 Å². The van der Waals surface area contributed by atoms with Crippen molar-refractivity contribution < 1.29 is 19.1 Å². The van der Waals surface area contributed by atoms with E-state index < -0.39 is 0 Å². The number of morpholine rings is 1. The van der Waals surface area contributed by atoms with Gasteiger partial charge in [0.15, 0.2) is 5.78 Å². The van der Waals surface area contributed by atoms with Crippen LogP contribution in [0.2, 0.25) is 0 Å². The average molecular weight is 277 g/mol. The Bertz CT molecular complexity index is 513. The number of ether oxygens (including phenoxy) is 2. The molecule has 0 radical (unpaired) electrons. The van der Waals surface area contributed by atoms with Gasteiger partial charge in [-0.2, -0.15) is 0 Å². The van der Waals surface area contributed by atoms with Crippen LogP contribution in [0, 0.1) is 0 Å². The Balaban J connectivity index is 2.24. The normalized spacial score (nSPS) is 15.3. The largest absolute Gasteiger partial charge is 0.494 e. The number of Topliss-reactive ketones (excluding diaryl/α,β-unsaturated/α-hetero) is 1. The third-order valence-electron chi connectivity index (χ3n) is 3.21. The van der Waals surface area contributed by atoms with E-state index in [0.717, 1.165) is 11.3 Å². The number of hydrogen-bond acceptors (Lipinski definition) is 4. The molecule has 1 saturated heterocycles. The van der Waals surface area contributed by atoms with Gasteiger partial charge in [0, 0.05) is 24.2 Å². The summed E-state index contributed by atoms with van der Waals surface area (Å²) in [5.41, 5.74) is 1.49. The van der Waals surface area contributed by atoms with Gasteiger partial charge >= 0.3 is 0 Å². The van der Waals surface area contributed by atoms with Gasteiger partial charge in [0.1, 0.15) is 12.4 Å². The highest BCUT2D eigenvalue weighted by molar-refractivity contribution is 5.94. The number of carbonyl (C=O) groups is 2. The van der Waals surface area contributed by atoms with Crippen molar-refractivity contribution in [1.29, 1.82) is 0 Å². The standard InChI is InChI=1S/C15H19NO4/c1-3-20-14-5-4-12(11(2)17)8-13(14)9-16-6-7-19-10-15(16)18/h4-5,8H,3,6-7,9-10H2,1-2H3. The van der Waals surface area contributed by atoms with E-state index >= 15 is 0 Å². The molecule has 2 rings (SSSR count). The summed E-state index contributed by atoms with van der Waals surface area (Å²) in [6, 6.07) is 5.34. The summed E-state index contributed by atoms with van der Waals surface area (Å²) in [5, 5.41) is 0. The fourth-order valence-corrected chi connectivity index (χ4v) is 2.14. The van der Waals surface area contributed by atoms with Gasteiger partial charge < -0.3 is 14.4 Å². The maximum absolute atomic E-state index is 11.8. The van der Waals surface area contributed by atoms with Crippen LogP contribution in [0.5, 0.6) is 5.75 Å². The van der Waals surface area contributed by atoms with Crippen LogP contribution in [-0.4, -0.2) is 43.0 Å². The first-order valence-corrected chi connectivity index (χ1v) is 6.74. The minimum absolute atomic E-state index is 0.00241. The molecule has 0 spiro atoms. The molecule has 1 heterocycles. The second-order valence-electron chi connectivity index (χ2n) is 4.68. The van der Waals surface area contributed by atoms with Crippen molar-refractivity contribution in [3.05, 3.63) is 29.3 Å². The van der Waals surface area contributed by atoms with Gasteiger partial charge in [0.05, 0.1) is 13.2 Å². The van der Waals surface area contributed by atoms with Gasteiger partial charge in [0.25, 0.3) is 0 Å². The van der Waals surface area contributed by atoms with Gasteiger partial charge in [0.2, 0.25) is 5.91 Å². The number of ketones is 1. The van der Waals surface area contributed by atoms with Crippen molar-refractivity contribution in [2.75, 3.05) is 26.4 Å². The van der Waals surface area contributed by atoms with Gasteiger partial charge in [-0.3, -0.25) is 9.59 Å². The zero-order valence-corrected chi connectivity index (χ0v) is 11.8. The molecule has 1 amide bonds. The summed E-state index contributed by atoms with van der Waals surface area (Å²) in [5.74, 6) is 0.686. The minimum Gasteiger partial charge on any atom is -0.494 e. The predicted octanol–water partition coefficient (Wildman–Crippen LogP) is 1.65. The summed E-state index contributed by atoms with van der Waals surface area (Å²) in [6.07, 6.45) is 0. The highest BCUT2D eigenvalue weighted by atomic mass is 16.5. The average Bonchev–Trinajstić information content (AvgIpc) is 2.43. The highest BCUT2D eigenvalue weighted by Gasteiger charge is 2.20. The lowest BCUT2D eigenvalue weighted by atomic mass is 10.1. The summed E-state index contributed by atoms with van der Waals surface area (Å²) in [4.78, 5) is 25.0. The van der Waals surface area contributed by atoms with E-state index in [0.29, 0.717) is 31.9 Å². The van der Waals surface area contributed by atoms with Crippen LogP contribution in [0.25, 0.3) is 0 Å². The van der Waals surface area contributed by atoms with Crippen molar-refractivity contribution >= 4 is 11.7 Å². The van der Waals surface area contributed by atoms with E-state index in [4.69, 9.17) is 9.47 Å². The number of benzene rings is 1. The third-order valence-corrected chi connectivity index (χ3v) is 3.21. The minimum atomic E-state index is -0.0353. The smallest absolute Gasteiger partial charge is 0.248 e. The van der Waals surface area contributed by atoms with E-state index in [1.165, 1.54) is 6.92 Å². The van der Waals surface area contributed by atoms with Gasteiger partial charge in [-0.05, 0) is 32.0 Å². The van der Waals surface area contributed by atoms with Gasteiger partial charge in [-0.25, -0.2) is 0 Å². The third kappa shape index (κ3) is 3.36. The van der Waals surface area contributed by atoms with Crippen LogP contribution in [0.4, 0.5) is 0 Å². The predicted molar refractivity (Wildman–Crippen MR) is 73.9 cm³/mol. The number of amides is 1. The summed E-state index contributed by atoms with van der Waals surface area (Å²) < 4.78 is 10.7. The molecule has 1 aliphatic heterocycles. The number of carbonyl (C=O) groups excluding carboxylic acids is 2. The molecule has 0 aromatic heterocycles. The van der Waals surface area contributed by atoms with Crippen LogP contribution >= 0.6 is 0 Å². The molecule has 1 aliphatic rings. The molecule has 0 bridgehead atoms. The Morgan fingerprint density at radius 3 is 2.90 bits per heavy atom. The molecule has 0 aliphatic carbocycles. The molecule has 0 saturated carbocycles. The van der Waals surface area contributed by atoms with Crippen LogP contribution in [-0.2, 0) is 16.1 Å². The zero-order chi connectivity index (χ0) is 14.5. The summed E-state index contributed by atoms with van der Waals surface area (Å²) in [6.45, 7) is 5.65. The first-order valence-electron chi connectivity index (χ1n) is 6.74. The van der Waals surface area contributed by atoms with Crippen LogP contribution < -0.4 is 4.74 Å². The van der Waals surface area contributed by atoms with Crippen molar-refractivity contribution in [1.82, 2.24) is 4.90 Å². The topological polar surface area (TPSA) is 55.8 Å². The fraction of sp³-hybridized carbons (Fsp3) is 0.467. The first-order chi connectivity index (χ1) is 9.61. The Morgan fingerprint density at radius 2 is 2.25 bits per heavy atom. The molecule has 20 heavy (non-hydrogen) atoms. The molecule has 1 aromatic rings. The Hall–Kier alpha value is -1.88. The van der Waals surface area contributed by atoms with Crippen molar-refractivity contribution in [2.45, 2.75) is 20.4 Å². The van der Waals surface area contributed by atoms with E-state index in [9.17, 15) is 9.59 Å². The van der Waals surface area contributed by atoms with Crippen molar-refractivity contribution in [2.24, 2.45) is 0 Å². The number of hydrogen-bond donors (Lipinski definition) is 0. The molecule has 5 nitrogen and oxygen atoms in total. The van der Waals surface area contributed by atoms with E-state index in [2.05, 4.69) is 0 Å². The molecule has 5 heteroatoms. The molecule has 0 atom stereocenters. The Morgan fingerprint density at radius 1 is 1.45 bits per heavy atom. The molecule has 1 fully saturated rings. The van der Waals surface area contributed by atoms with Crippen molar-refractivity contribution in [3.8, 4) is 5.75 Å². The lowest BCUT2D eigenvalue weighted by molar-refractivity contribution is -0.143. The lowest BCUT2D eigenvalue weighted by Crippen LogP contribution is -2.41.